The van der Waals surface area contributed by atoms with Gasteiger partial charge in [0, 0.05) is 7.05 Å². The first-order valence-corrected chi connectivity index (χ1v) is 5.35. The molecule has 0 aliphatic carbocycles. The van der Waals surface area contributed by atoms with Gasteiger partial charge in [0.2, 0.25) is 5.91 Å². The van der Waals surface area contributed by atoms with E-state index in [2.05, 4.69) is 15.6 Å². The van der Waals surface area contributed by atoms with Gasteiger partial charge in [0.15, 0.2) is 5.15 Å². The number of nitrogens with zero attached hydrogens (tertiary/aromatic N) is 1. The standard InChI is InChI=1S/C8H10ClN3O2S/c1-4-12-7(9)6(15-4)8(14)11-3-5(13)10-2/h3H2,1-2H3,(H,10,13)(H,11,14). The van der Waals surface area contributed by atoms with E-state index in [4.69, 9.17) is 11.6 Å². The molecule has 0 saturated heterocycles. The van der Waals surface area contributed by atoms with Gasteiger partial charge in [-0.15, -0.1) is 11.3 Å². The van der Waals surface area contributed by atoms with Crippen LogP contribution in [0, 0.1) is 6.92 Å². The van der Waals surface area contributed by atoms with Gasteiger partial charge in [-0.3, -0.25) is 9.59 Å². The first kappa shape index (κ1) is 11.9. The summed E-state index contributed by atoms with van der Waals surface area (Å²) in [6.45, 7) is 1.69. The van der Waals surface area contributed by atoms with E-state index in [0.29, 0.717) is 9.88 Å². The monoisotopic (exact) mass is 247 g/mol. The SMILES string of the molecule is CNC(=O)CNC(=O)c1sc(C)nc1Cl. The third kappa shape index (κ3) is 3.17. The van der Waals surface area contributed by atoms with E-state index in [9.17, 15) is 9.59 Å². The van der Waals surface area contributed by atoms with E-state index >= 15 is 0 Å². The molecule has 2 N–H and O–H groups in total. The number of hydrogen-bond donors (Lipinski definition) is 2. The largest absolute Gasteiger partial charge is 0.358 e. The number of likely N-dealkylation sites (N-methyl/N-ethyl adjacent to an activating group) is 1. The topological polar surface area (TPSA) is 71.1 Å². The summed E-state index contributed by atoms with van der Waals surface area (Å²) >= 11 is 6.92. The second-order valence-electron chi connectivity index (χ2n) is 2.71. The van der Waals surface area contributed by atoms with Crippen LogP contribution in [0.4, 0.5) is 0 Å². The number of thiazole rings is 1. The van der Waals surface area contributed by atoms with Crippen LogP contribution in [0.5, 0.6) is 0 Å². The third-order valence-corrected chi connectivity index (χ3v) is 2.94. The number of carbonyl (C=O) groups excluding carboxylic acids is 2. The molecule has 0 saturated carbocycles. The summed E-state index contributed by atoms with van der Waals surface area (Å²) in [6.07, 6.45) is 0. The average molecular weight is 248 g/mol. The van der Waals surface area contributed by atoms with Gasteiger partial charge in [0.25, 0.3) is 5.91 Å². The number of aromatic nitrogens is 1. The van der Waals surface area contributed by atoms with Crippen molar-refractivity contribution in [1.29, 1.82) is 0 Å². The highest BCUT2D eigenvalue weighted by molar-refractivity contribution is 7.14. The molecule has 2 amide bonds. The van der Waals surface area contributed by atoms with Gasteiger partial charge in [0.05, 0.1) is 11.6 Å². The van der Waals surface area contributed by atoms with Crippen LogP contribution >= 0.6 is 22.9 Å². The minimum atomic E-state index is -0.380. The molecule has 0 atom stereocenters. The van der Waals surface area contributed by atoms with Gasteiger partial charge >= 0.3 is 0 Å². The Kier molecular flexibility index (Phi) is 4.05. The van der Waals surface area contributed by atoms with E-state index in [1.54, 1.807) is 6.92 Å². The van der Waals surface area contributed by atoms with Crippen molar-refractivity contribution in [3.63, 3.8) is 0 Å². The maximum absolute atomic E-state index is 11.5. The molecule has 0 spiro atoms. The number of carbonyl (C=O) groups is 2. The number of nitrogens with one attached hydrogen (secondary N) is 2. The van der Waals surface area contributed by atoms with Crippen molar-refractivity contribution in [3.05, 3.63) is 15.0 Å². The first-order chi connectivity index (χ1) is 7.04. The summed E-state index contributed by atoms with van der Waals surface area (Å²) in [7, 11) is 1.50. The normalized spacial score (nSPS) is 9.80. The summed E-state index contributed by atoms with van der Waals surface area (Å²) in [5.41, 5.74) is 0. The average Bonchev–Trinajstić information content (AvgIpc) is 2.53. The molecule has 7 heteroatoms. The molecule has 82 valence electrons. The minimum absolute atomic E-state index is 0.0669. The first-order valence-electron chi connectivity index (χ1n) is 4.16. The molecule has 0 aromatic carbocycles. The number of amides is 2. The molecule has 1 heterocycles. The number of halogens is 1. The van der Waals surface area contributed by atoms with Crippen LogP contribution in [0.25, 0.3) is 0 Å². The highest BCUT2D eigenvalue weighted by Gasteiger charge is 2.15. The zero-order chi connectivity index (χ0) is 11.4. The lowest BCUT2D eigenvalue weighted by Crippen LogP contribution is -2.34. The highest BCUT2D eigenvalue weighted by atomic mass is 35.5. The smallest absolute Gasteiger partial charge is 0.265 e. The predicted molar refractivity (Wildman–Crippen MR) is 58.3 cm³/mol. The van der Waals surface area contributed by atoms with Gasteiger partial charge in [-0.1, -0.05) is 11.6 Å². The third-order valence-electron chi connectivity index (χ3n) is 1.59. The molecule has 0 unspecified atom stereocenters. The van der Waals surface area contributed by atoms with Crippen molar-refractivity contribution in [2.75, 3.05) is 13.6 Å². The fourth-order valence-corrected chi connectivity index (χ4v) is 1.98. The molecule has 0 bridgehead atoms. The maximum atomic E-state index is 11.5. The number of rotatable bonds is 3. The predicted octanol–water partition coefficient (Wildman–Crippen LogP) is 0.581. The number of aryl methyl sites for hydroxylation is 1. The van der Waals surface area contributed by atoms with Crippen molar-refractivity contribution in [1.82, 2.24) is 15.6 Å². The molecule has 1 aromatic rings. The number of hydrogen-bond acceptors (Lipinski definition) is 4. The van der Waals surface area contributed by atoms with E-state index in [1.165, 1.54) is 18.4 Å². The van der Waals surface area contributed by atoms with Gasteiger partial charge < -0.3 is 10.6 Å². The lowest BCUT2D eigenvalue weighted by molar-refractivity contribution is -0.119. The molecule has 0 radical (unpaired) electrons. The molecule has 15 heavy (non-hydrogen) atoms. The van der Waals surface area contributed by atoms with E-state index in [-0.39, 0.29) is 23.5 Å². The van der Waals surface area contributed by atoms with Gasteiger partial charge in [-0.05, 0) is 6.92 Å². The molecule has 0 aliphatic rings. The van der Waals surface area contributed by atoms with Crippen molar-refractivity contribution in [2.45, 2.75) is 6.92 Å². The van der Waals surface area contributed by atoms with Crippen LogP contribution in [0.15, 0.2) is 0 Å². The minimum Gasteiger partial charge on any atom is -0.358 e. The van der Waals surface area contributed by atoms with Crippen LogP contribution in [0.2, 0.25) is 5.15 Å². The van der Waals surface area contributed by atoms with Gasteiger partial charge in [0.1, 0.15) is 4.88 Å². The van der Waals surface area contributed by atoms with Crippen LogP contribution in [0.3, 0.4) is 0 Å². The summed E-state index contributed by atoms with van der Waals surface area (Å²) in [4.78, 5) is 26.6. The van der Waals surface area contributed by atoms with E-state index < -0.39 is 0 Å². The molecule has 1 rings (SSSR count). The Labute approximate surface area is 95.8 Å². The Morgan fingerprint density at radius 3 is 2.67 bits per heavy atom. The maximum Gasteiger partial charge on any atom is 0.265 e. The second-order valence-corrected chi connectivity index (χ2v) is 4.27. The second kappa shape index (κ2) is 5.09. The Balaban J connectivity index is 2.61. The summed E-state index contributed by atoms with van der Waals surface area (Å²) in [5, 5.41) is 5.72. The molecule has 5 nitrogen and oxygen atoms in total. The van der Waals surface area contributed by atoms with Crippen molar-refractivity contribution in [3.8, 4) is 0 Å². The summed E-state index contributed by atoms with van der Waals surface area (Å²) < 4.78 is 0. The molecular weight excluding hydrogens is 238 g/mol. The van der Waals surface area contributed by atoms with Crippen molar-refractivity contribution in [2.24, 2.45) is 0 Å². The van der Waals surface area contributed by atoms with E-state index in [1.807, 2.05) is 0 Å². The zero-order valence-electron chi connectivity index (χ0n) is 8.26. The highest BCUT2D eigenvalue weighted by Crippen LogP contribution is 2.21. The zero-order valence-corrected chi connectivity index (χ0v) is 9.83. The molecular formula is C8H10ClN3O2S. The van der Waals surface area contributed by atoms with E-state index in [0.717, 1.165) is 0 Å². The summed E-state index contributed by atoms with van der Waals surface area (Å²) in [6, 6.07) is 0. The van der Waals surface area contributed by atoms with Gasteiger partial charge in [-0.25, -0.2) is 4.98 Å². The fraction of sp³-hybridized carbons (Fsp3) is 0.375. The molecule has 0 fully saturated rings. The van der Waals surface area contributed by atoms with Crippen LogP contribution in [-0.2, 0) is 4.79 Å². The Bertz CT molecular complexity index is 391. The Morgan fingerprint density at radius 2 is 2.20 bits per heavy atom. The Hall–Kier alpha value is -1.14. The lowest BCUT2D eigenvalue weighted by Gasteiger charge is -2.01. The van der Waals surface area contributed by atoms with Crippen LogP contribution in [-0.4, -0.2) is 30.4 Å². The van der Waals surface area contributed by atoms with Crippen LogP contribution < -0.4 is 10.6 Å². The lowest BCUT2D eigenvalue weighted by atomic mass is 10.5. The van der Waals surface area contributed by atoms with Crippen LogP contribution in [0.1, 0.15) is 14.7 Å². The quantitative estimate of drug-likeness (QED) is 0.821. The van der Waals surface area contributed by atoms with Gasteiger partial charge in [-0.2, -0.15) is 0 Å². The van der Waals surface area contributed by atoms with Crippen molar-refractivity contribution < 1.29 is 9.59 Å². The van der Waals surface area contributed by atoms with Crippen molar-refractivity contribution >= 4 is 34.8 Å². The molecule has 0 aliphatic heterocycles. The summed E-state index contributed by atoms with van der Waals surface area (Å²) in [5.74, 6) is -0.644. The molecule has 1 aromatic heterocycles. The fourth-order valence-electron chi connectivity index (χ4n) is 0.871. The Morgan fingerprint density at radius 1 is 1.53 bits per heavy atom.